The first-order valence-corrected chi connectivity index (χ1v) is 7.66. The lowest BCUT2D eigenvalue weighted by Crippen LogP contribution is -2.16. The molecule has 0 aliphatic rings. The van der Waals surface area contributed by atoms with Crippen LogP contribution in [0.25, 0.3) is 11.5 Å². The minimum atomic E-state index is -0.637. The molecule has 0 aliphatic heterocycles. The fourth-order valence-electron chi connectivity index (χ4n) is 2.25. The molecular formula is C17H15ClN2O4. The molecule has 1 aromatic carbocycles. The van der Waals surface area contributed by atoms with Gasteiger partial charge in [0.25, 0.3) is 0 Å². The van der Waals surface area contributed by atoms with Gasteiger partial charge in [0.05, 0.1) is 6.26 Å². The summed E-state index contributed by atoms with van der Waals surface area (Å²) < 4.78 is 15.9. The van der Waals surface area contributed by atoms with Gasteiger partial charge in [-0.3, -0.25) is 5.32 Å². The zero-order valence-electron chi connectivity index (χ0n) is 13.1. The highest BCUT2D eigenvalue weighted by Gasteiger charge is 2.21. The number of hydrogen-bond acceptors (Lipinski definition) is 5. The number of aromatic nitrogens is 1. The minimum absolute atomic E-state index is 0.333. The van der Waals surface area contributed by atoms with Crippen LogP contribution in [-0.4, -0.2) is 11.2 Å². The zero-order valence-corrected chi connectivity index (χ0v) is 13.8. The van der Waals surface area contributed by atoms with Gasteiger partial charge in [-0.2, -0.15) is 0 Å². The second-order valence-electron chi connectivity index (χ2n) is 5.14. The molecule has 0 aliphatic carbocycles. The SMILES string of the molecule is Cc1noc(-c2ccco2)c1NC(=O)OC(C)c1ccccc1Cl. The fraction of sp³-hybridized carbons (Fsp3) is 0.176. The van der Waals surface area contributed by atoms with Gasteiger partial charge in [0, 0.05) is 10.6 Å². The third-order valence-electron chi connectivity index (χ3n) is 3.46. The number of halogens is 1. The van der Waals surface area contributed by atoms with Crippen LogP contribution in [0.5, 0.6) is 0 Å². The van der Waals surface area contributed by atoms with Crippen molar-refractivity contribution in [2.45, 2.75) is 20.0 Å². The highest BCUT2D eigenvalue weighted by atomic mass is 35.5. The summed E-state index contributed by atoms with van der Waals surface area (Å²) in [6, 6.07) is 10.6. The molecule has 0 saturated heterocycles. The Kier molecular flexibility index (Phi) is 4.57. The van der Waals surface area contributed by atoms with Gasteiger partial charge in [-0.15, -0.1) is 0 Å². The van der Waals surface area contributed by atoms with E-state index in [4.69, 9.17) is 25.3 Å². The number of rotatable bonds is 4. The number of nitrogens with one attached hydrogen (secondary N) is 1. The Labute approximate surface area is 143 Å². The largest absolute Gasteiger partial charge is 0.461 e. The smallest absolute Gasteiger partial charge is 0.412 e. The van der Waals surface area contributed by atoms with Gasteiger partial charge < -0.3 is 13.7 Å². The quantitative estimate of drug-likeness (QED) is 0.702. The normalized spacial score (nSPS) is 12.0. The Morgan fingerprint density at radius 3 is 2.79 bits per heavy atom. The van der Waals surface area contributed by atoms with Crippen LogP contribution in [0.1, 0.15) is 24.3 Å². The summed E-state index contributed by atoms with van der Waals surface area (Å²) in [4.78, 5) is 12.2. The van der Waals surface area contributed by atoms with Gasteiger partial charge in [-0.25, -0.2) is 4.79 Å². The lowest BCUT2D eigenvalue weighted by Gasteiger charge is -2.15. The molecule has 6 nitrogen and oxygen atoms in total. The van der Waals surface area contributed by atoms with E-state index in [1.165, 1.54) is 6.26 Å². The Hall–Kier alpha value is -2.73. The predicted octanol–water partition coefficient (Wildman–Crippen LogP) is 5.21. The summed E-state index contributed by atoms with van der Waals surface area (Å²) in [5, 5.41) is 7.03. The summed E-state index contributed by atoms with van der Waals surface area (Å²) in [6.07, 6.45) is 0.363. The van der Waals surface area contributed by atoms with Crippen molar-refractivity contribution in [3.8, 4) is 11.5 Å². The number of anilines is 1. The van der Waals surface area contributed by atoms with Crippen molar-refractivity contribution in [2.24, 2.45) is 0 Å². The summed E-state index contributed by atoms with van der Waals surface area (Å²) in [5.74, 6) is 0.796. The van der Waals surface area contributed by atoms with Crippen LogP contribution in [0.3, 0.4) is 0 Å². The number of furan rings is 1. The van der Waals surface area contributed by atoms with Crippen LogP contribution in [0, 0.1) is 6.92 Å². The van der Waals surface area contributed by atoms with Crippen LogP contribution in [0.15, 0.2) is 51.6 Å². The van der Waals surface area contributed by atoms with Crippen LogP contribution in [0.4, 0.5) is 10.5 Å². The summed E-state index contributed by atoms with van der Waals surface area (Å²) >= 11 is 6.11. The molecule has 0 spiro atoms. The van der Waals surface area contributed by atoms with Gasteiger partial charge in [-0.05, 0) is 32.0 Å². The Morgan fingerprint density at radius 1 is 1.29 bits per heavy atom. The van der Waals surface area contributed by atoms with E-state index in [0.717, 1.165) is 5.56 Å². The van der Waals surface area contributed by atoms with Crippen LogP contribution in [-0.2, 0) is 4.74 Å². The molecule has 7 heteroatoms. The van der Waals surface area contributed by atoms with Crippen molar-refractivity contribution in [1.29, 1.82) is 0 Å². The molecule has 1 atom stereocenters. The standard InChI is InChI=1S/C17H15ClN2O4/c1-10-15(16(24-20-10)14-8-5-9-22-14)19-17(21)23-11(2)12-6-3-4-7-13(12)18/h3-9,11H,1-2H3,(H,19,21). The molecule has 2 aromatic heterocycles. The highest BCUT2D eigenvalue weighted by molar-refractivity contribution is 6.31. The Bertz CT molecular complexity index is 842. The molecule has 0 bridgehead atoms. The molecule has 1 amide bonds. The van der Waals surface area contributed by atoms with Crippen molar-refractivity contribution in [2.75, 3.05) is 5.32 Å². The van der Waals surface area contributed by atoms with Crippen molar-refractivity contribution in [3.63, 3.8) is 0 Å². The van der Waals surface area contributed by atoms with Crippen LogP contribution in [0.2, 0.25) is 5.02 Å². The number of carbonyl (C=O) groups excluding carboxylic acids is 1. The Morgan fingerprint density at radius 2 is 2.08 bits per heavy atom. The molecule has 24 heavy (non-hydrogen) atoms. The molecule has 2 heterocycles. The van der Waals surface area contributed by atoms with Crippen LogP contribution >= 0.6 is 11.6 Å². The molecular weight excluding hydrogens is 332 g/mol. The minimum Gasteiger partial charge on any atom is -0.461 e. The third kappa shape index (κ3) is 3.28. The first-order valence-electron chi connectivity index (χ1n) is 7.28. The van der Waals surface area contributed by atoms with Gasteiger partial charge in [0.15, 0.2) is 5.76 Å². The third-order valence-corrected chi connectivity index (χ3v) is 3.81. The second kappa shape index (κ2) is 6.80. The average Bonchev–Trinajstić information content (AvgIpc) is 3.18. The number of aryl methyl sites for hydroxylation is 1. The number of hydrogen-bond donors (Lipinski definition) is 1. The van der Waals surface area contributed by atoms with E-state index < -0.39 is 12.2 Å². The topological polar surface area (TPSA) is 77.5 Å². The molecule has 1 unspecified atom stereocenters. The maximum Gasteiger partial charge on any atom is 0.412 e. The van der Waals surface area contributed by atoms with Crippen molar-refractivity contribution in [3.05, 3.63) is 58.9 Å². The number of nitrogens with zero attached hydrogens (tertiary/aromatic N) is 1. The Balaban J connectivity index is 1.74. The molecule has 0 radical (unpaired) electrons. The average molecular weight is 347 g/mol. The molecule has 3 aromatic rings. The van der Waals surface area contributed by atoms with E-state index in [1.54, 1.807) is 38.1 Å². The summed E-state index contributed by atoms with van der Waals surface area (Å²) in [6.45, 7) is 3.46. The van der Waals surface area contributed by atoms with E-state index in [2.05, 4.69) is 10.5 Å². The first-order chi connectivity index (χ1) is 11.6. The van der Waals surface area contributed by atoms with E-state index in [0.29, 0.717) is 27.9 Å². The lowest BCUT2D eigenvalue weighted by molar-refractivity contribution is 0.121. The van der Waals surface area contributed by atoms with Gasteiger partial charge in [-0.1, -0.05) is 35.0 Å². The number of ether oxygens (including phenoxy) is 1. The van der Waals surface area contributed by atoms with E-state index in [-0.39, 0.29) is 0 Å². The lowest BCUT2D eigenvalue weighted by atomic mass is 10.1. The fourth-order valence-corrected chi connectivity index (χ4v) is 2.54. The number of benzene rings is 1. The van der Waals surface area contributed by atoms with Crippen LogP contribution < -0.4 is 5.32 Å². The highest BCUT2D eigenvalue weighted by Crippen LogP contribution is 2.32. The van der Waals surface area contributed by atoms with Gasteiger partial charge >= 0.3 is 6.09 Å². The maximum atomic E-state index is 12.2. The summed E-state index contributed by atoms with van der Waals surface area (Å²) in [7, 11) is 0. The zero-order chi connectivity index (χ0) is 17.1. The maximum absolute atomic E-state index is 12.2. The monoisotopic (exact) mass is 346 g/mol. The van der Waals surface area contributed by atoms with E-state index >= 15 is 0 Å². The number of carbonyl (C=O) groups is 1. The van der Waals surface area contributed by atoms with E-state index in [9.17, 15) is 4.79 Å². The molecule has 1 N–H and O–H groups in total. The summed E-state index contributed by atoms with van der Waals surface area (Å²) in [5.41, 5.74) is 1.65. The van der Waals surface area contributed by atoms with Crippen molar-refractivity contribution >= 4 is 23.4 Å². The predicted molar refractivity (Wildman–Crippen MR) is 88.9 cm³/mol. The van der Waals surface area contributed by atoms with E-state index in [1.807, 2.05) is 12.1 Å². The van der Waals surface area contributed by atoms with Crippen molar-refractivity contribution in [1.82, 2.24) is 5.16 Å². The van der Waals surface area contributed by atoms with Gasteiger partial charge in [0.2, 0.25) is 5.76 Å². The van der Waals surface area contributed by atoms with Crippen molar-refractivity contribution < 1.29 is 18.5 Å². The molecule has 0 saturated carbocycles. The number of amides is 1. The van der Waals surface area contributed by atoms with Gasteiger partial charge in [0.1, 0.15) is 17.5 Å². The second-order valence-corrected chi connectivity index (χ2v) is 5.55. The molecule has 3 rings (SSSR count). The molecule has 0 fully saturated rings. The molecule has 124 valence electrons. The first kappa shape index (κ1) is 16.1.